The Morgan fingerprint density at radius 3 is 2.39 bits per heavy atom. The van der Waals surface area contributed by atoms with Crippen molar-refractivity contribution in [2.45, 2.75) is 71.0 Å². The van der Waals surface area contributed by atoms with Crippen molar-refractivity contribution in [1.29, 1.82) is 0 Å². The number of ether oxygens (including phenoxy) is 1. The van der Waals surface area contributed by atoms with E-state index in [2.05, 4.69) is 31.0 Å². The molecule has 1 aliphatic rings. The van der Waals surface area contributed by atoms with Crippen molar-refractivity contribution in [3.8, 4) is 0 Å². The van der Waals surface area contributed by atoms with Gasteiger partial charge in [0.15, 0.2) is 0 Å². The summed E-state index contributed by atoms with van der Waals surface area (Å²) in [6.07, 6.45) is 6.58. The van der Waals surface area contributed by atoms with Crippen LogP contribution in [0.15, 0.2) is 0 Å². The van der Waals surface area contributed by atoms with Gasteiger partial charge in [0, 0.05) is 31.8 Å². The molecule has 0 aliphatic heterocycles. The average Bonchev–Trinajstić information content (AvgIpc) is 2.38. The van der Waals surface area contributed by atoms with Gasteiger partial charge in [0.2, 0.25) is 0 Å². The zero-order chi connectivity index (χ0) is 13.4. The molecular formula is C15H32N2O. The monoisotopic (exact) mass is 256 g/mol. The highest BCUT2D eigenvalue weighted by Crippen LogP contribution is 2.24. The molecule has 0 spiro atoms. The van der Waals surface area contributed by atoms with Crippen LogP contribution >= 0.6 is 0 Å². The van der Waals surface area contributed by atoms with Gasteiger partial charge in [-0.3, -0.25) is 4.90 Å². The summed E-state index contributed by atoms with van der Waals surface area (Å²) in [5.74, 6) is 0. The molecule has 0 aromatic heterocycles. The van der Waals surface area contributed by atoms with E-state index in [0.29, 0.717) is 6.04 Å². The quantitative estimate of drug-likeness (QED) is 0.722. The third-order valence-corrected chi connectivity index (χ3v) is 4.07. The topological polar surface area (TPSA) is 24.5 Å². The molecule has 1 aliphatic carbocycles. The molecule has 18 heavy (non-hydrogen) atoms. The number of nitrogens with zero attached hydrogens (tertiary/aromatic N) is 1. The van der Waals surface area contributed by atoms with E-state index >= 15 is 0 Å². The van der Waals surface area contributed by atoms with Crippen LogP contribution in [0.25, 0.3) is 0 Å². The number of rotatable bonds is 8. The second-order valence-electron chi connectivity index (χ2n) is 5.78. The van der Waals surface area contributed by atoms with Crippen LogP contribution in [0.3, 0.4) is 0 Å². The summed E-state index contributed by atoms with van der Waals surface area (Å²) in [7, 11) is 1.80. The Morgan fingerprint density at radius 2 is 1.89 bits per heavy atom. The highest BCUT2D eigenvalue weighted by atomic mass is 16.5. The predicted octanol–water partition coefficient (Wildman–Crippen LogP) is 2.65. The molecule has 0 unspecified atom stereocenters. The third-order valence-electron chi connectivity index (χ3n) is 4.07. The van der Waals surface area contributed by atoms with E-state index in [-0.39, 0.29) is 0 Å². The van der Waals surface area contributed by atoms with E-state index in [1.54, 1.807) is 7.11 Å². The molecule has 108 valence electrons. The first-order valence-electron chi connectivity index (χ1n) is 7.67. The summed E-state index contributed by atoms with van der Waals surface area (Å²) in [5, 5.41) is 3.66. The second kappa shape index (κ2) is 8.89. The van der Waals surface area contributed by atoms with Gasteiger partial charge < -0.3 is 10.1 Å². The molecule has 0 heterocycles. The fraction of sp³-hybridized carbons (Fsp3) is 1.00. The molecule has 0 bridgehead atoms. The summed E-state index contributed by atoms with van der Waals surface area (Å²) in [6.45, 7) is 9.95. The summed E-state index contributed by atoms with van der Waals surface area (Å²) in [5.41, 5.74) is 0. The van der Waals surface area contributed by atoms with Crippen LogP contribution in [-0.2, 0) is 4.74 Å². The predicted molar refractivity (Wildman–Crippen MR) is 78.1 cm³/mol. The second-order valence-corrected chi connectivity index (χ2v) is 5.78. The third kappa shape index (κ3) is 5.25. The van der Waals surface area contributed by atoms with Gasteiger partial charge in [-0.2, -0.15) is 0 Å². The van der Waals surface area contributed by atoms with Crippen molar-refractivity contribution in [2.75, 3.05) is 26.8 Å². The Balaban J connectivity index is 2.34. The molecule has 0 radical (unpaired) electrons. The van der Waals surface area contributed by atoms with Crippen LogP contribution in [0, 0.1) is 0 Å². The minimum absolute atomic E-state index is 0.630. The van der Waals surface area contributed by atoms with Gasteiger partial charge in [-0.15, -0.1) is 0 Å². The summed E-state index contributed by atoms with van der Waals surface area (Å²) in [4.78, 5) is 2.62. The van der Waals surface area contributed by atoms with Crippen molar-refractivity contribution in [2.24, 2.45) is 0 Å². The normalized spacial score (nSPS) is 25.0. The van der Waals surface area contributed by atoms with Crippen molar-refractivity contribution < 1.29 is 4.74 Å². The summed E-state index contributed by atoms with van der Waals surface area (Å²) in [6, 6.07) is 2.16. The Morgan fingerprint density at radius 1 is 1.22 bits per heavy atom. The van der Waals surface area contributed by atoms with E-state index < -0.39 is 0 Å². The lowest BCUT2D eigenvalue weighted by molar-refractivity contribution is 0.0735. The van der Waals surface area contributed by atoms with Gasteiger partial charge in [-0.25, -0.2) is 0 Å². The van der Waals surface area contributed by atoms with Crippen LogP contribution in [0.4, 0.5) is 0 Å². The molecule has 0 atom stereocenters. The van der Waals surface area contributed by atoms with E-state index in [0.717, 1.165) is 25.2 Å². The summed E-state index contributed by atoms with van der Waals surface area (Å²) >= 11 is 0. The fourth-order valence-corrected chi connectivity index (χ4v) is 3.02. The average molecular weight is 256 g/mol. The molecule has 1 fully saturated rings. The van der Waals surface area contributed by atoms with Gasteiger partial charge in [-0.1, -0.05) is 6.92 Å². The first-order chi connectivity index (χ1) is 8.69. The maximum absolute atomic E-state index is 5.23. The Kier molecular flexibility index (Phi) is 7.87. The first kappa shape index (κ1) is 15.9. The van der Waals surface area contributed by atoms with Crippen molar-refractivity contribution in [3.05, 3.63) is 0 Å². The highest BCUT2D eigenvalue weighted by molar-refractivity contribution is 4.84. The molecule has 0 amide bonds. The Bertz CT molecular complexity index is 201. The highest BCUT2D eigenvalue weighted by Gasteiger charge is 2.26. The molecule has 3 heteroatoms. The maximum atomic E-state index is 5.23. The Labute approximate surface area is 113 Å². The number of nitrogens with one attached hydrogen (secondary N) is 1. The minimum Gasteiger partial charge on any atom is -0.383 e. The molecule has 0 aromatic rings. The summed E-state index contributed by atoms with van der Waals surface area (Å²) < 4.78 is 5.23. The number of hydrogen-bond acceptors (Lipinski definition) is 3. The lowest BCUT2D eigenvalue weighted by Gasteiger charge is -2.39. The minimum atomic E-state index is 0.630. The van der Waals surface area contributed by atoms with E-state index in [9.17, 15) is 0 Å². The number of methoxy groups -OCH3 is 1. The maximum Gasteiger partial charge on any atom is 0.0589 e. The zero-order valence-electron chi connectivity index (χ0n) is 12.7. The first-order valence-corrected chi connectivity index (χ1v) is 7.67. The van der Waals surface area contributed by atoms with Gasteiger partial charge >= 0.3 is 0 Å². The molecular weight excluding hydrogens is 224 g/mol. The van der Waals surface area contributed by atoms with Crippen LogP contribution < -0.4 is 5.32 Å². The van der Waals surface area contributed by atoms with Crippen molar-refractivity contribution in [1.82, 2.24) is 10.2 Å². The SMILES string of the molecule is CCCNC1CCC(N(CCOC)C(C)C)CC1. The van der Waals surface area contributed by atoms with Crippen LogP contribution in [0.5, 0.6) is 0 Å². The fourth-order valence-electron chi connectivity index (χ4n) is 3.02. The molecule has 1 rings (SSSR count). The van der Waals surface area contributed by atoms with Gasteiger partial charge in [0.05, 0.1) is 6.61 Å². The molecule has 1 N–H and O–H groups in total. The lowest BCUT2D eigenvalue weighted by Crippen LogP contribution is -2.46. The van der Waals surface area contributed by atoms with Crippen molar-refractivity contribution >= 4 is 0 Å². The van der Waals surface area contributed by atoms with Gasteiger partial charge in [0.25, 0.3) is 0 Å². The van der Waals surface area contributed by atoms with Crippen LogP contribution in [-0.4, -0.2) is 49.8 Å². The molecule has 3 nitrogen and oxygen atoms in total. The van der Waals surface area contributed by atoms with E-state index in [4.69, 9.17) is 4.74 Å². The van der Waals surface area contributed by atoms with E-state index in [1.165, 1.54) is 38.6 Å². The molecule has 0 saturated heterocycles. The largest absolute Gasteiger partial charge is 0.383 e. The van der Waals surface area contributed by atoms with Crippen molar-refractivity contribution in [3.63, 3.8) is 0 Å². The lowest BCUT2D eigenvalue weighted by atomic mass is 9.89. The van der Waals surface area contributed by atoms with Crippen LogP contribution in [0.2, 0.25) is 0 Å². The zero-order valence-corrected chi connectivity index (χ0v) is 12.7. The van der Waals surface area contributed by atoms with E-state index in [1.807, 2.05) is 0 Å². The molecule has 0 aromatic carbocycles. The van der Waals surface area contributed by atoms with Gasteiger partial charge in [-0.05, 0) is 52.5 Å². The van der Waals surface area contributed by atoms with Crippen LogP contribution in [0.1, 0.15) is 52.9 Å². The standard InChI is InChI=1S/C15H32N2O/c1-5-10-16-14-6-8-15(9-7-14)17(13(2)3)11-12-18-4/h13-16H,5-12H2,1-4H3. The Hall–Kier alpha value is -0.120. The smallest absolute Gasteiger partial charge is 0.0589 e. The molecule has 1 saturated carbocycles. The van der Waals surface area contributed by atoms with Gasteiger partial charge in [0.1, 0.15) is 0 Å². The number of hydrogen-bond donors (Lipinski definition) is 1.